The zero-order valence-corrected chi connectivity index (χ0v) is 8.24. The molecular weight excluding hydrogens is 180 g/mol. The number of rotatable bonds is 1. The summed E-state index contributed by atoms with van der Waals surface area (Å²) < 4.78 is 5.75. The van der Waals surface area contributed by atoms with Crippen LogP contribution >= 0.6 is 0 Å². The number of aliphatic carboxylic acids is 1. The number of carboxylic acid groups (broad SMARTS) is 1. The molecule has 1 N–H and O–H groups in total. The molecule has 0 aromatic carbocycles. The van der Waals surface area contributed by atoms with Gasteiger partial charge in [-0.1, -0.05) is 6.42 Å². The fraction of sp³-hybridized carbons (Fsp3) is 0.909. The van der Waals surface area contributed by atoms with Crippen molar-refractivity contribution in [1.29, 1.82) is 0 Å². The Hall–Kier alpha value is -0.570. The fourth-order valence-corrected chi connectivity index (χ4v) is 3.83. The molecule has 2 saturated carbocycles. The van der Waals surface area contributed by atoms with Gasteiger partial charge in [-0.05, 0) is 31.6 Å². The predicted octanol–water partition coefficient (Wildman–Crippen LogP) is 1.67. The van der Waals surface area contributed by atoms with Crippen molar-refractivity contribution in [3.63, 3.8) is 0 Å². The third-order valence-corrected chi connectivity index (χ3v) is 4.53. The molecule has 0 bridgehead atoms. The van der Waals surface area contributed by atoms with Crippen LogP contribution in [-0.4, -0.2) is 23.8 Å². The van der Waals surface area contributed by atoms with Crippen LogP contribution in [0.1, 0.15) is 32.1 Å². The van der Waals surface area contributed by atoms with Crippen LogP contribution < -0.4 is 0 Å². The molecule has 0 radical (unpaired) electrons. The standard InChI is InChI=1S/C11H16O3/c12-10(13)8-7-3-1-6-14-9(7)11(8)4-2-5-11/h7-9H,1-6H2,(H,12,13)/t7-,8+,9-/m1/s1. The van der Waals surface area contributed by atoms with Gasteiger partial charge >= 0.3 is 5.97 Å². The molecule has 1 aliphatic heterocycles. The fourth-order valence-electron chi connectivity index (χ4n) is 3.83. The lowest BCUT2D eigenvalue weighted by Crippen LogP contribution is -2.68. The van der Waals surface area contributed by atoms with Crippen LogP contribution in [0.4, 0.5) is 0 Å². The first-order valence-corrected chi connectivity index (χ1v) is 5.60. The van der Waals surface area contributed by atoms with Gasteiger partial charge in [0.25, 0.3) is 0 Å². The Morgan fingerprint density at radius 3 is 2.71 bits per heavy atom. The molecule has 0 aromatic heterocycles. The Kier molecular flexibility index (Phi) is 1.69. The van der Waals surface area contributed by atoms with Crippen molar-refractivity contribution in [3.8, 4) is 0 Å². The van der Waals surface area contributed by atoms with Crippen LogP contribution in [0.2, 0.25) is 0 Å². The Morgan fingerprint density at radius 1 is 1.36 bits per heavy atom. The first-order valence-electron chi connectivity index (χ1n) is 5.60. The molecule has 78 valence electrons. The Bertz CT molecular complexity index is 270. The van der Waals surface area contributed by atoms with Gasteiger partial charge in [0.2, 0.25) is 0 Å². The predicted molar refractivity (Wildman–Crippen MR) is 49.9 cm³/mol. The average molecular weight is 196 g/mol. The summed E-state index contributed by atoms with van der Waals surface area (Å²) in [5, 5.41) is 9.22. The molecule has 3 fully saturated rings. The van der Waals surface area contributed by atoms with Gasteiger partial charge in [-0.25, -0.2) is 0 Å². The number of carbonyl (C=O) groups is 1. The molecule has 3 atom stereocenters. The van der Waals surface area contributed by atoms with E-state index in [-0.39, 0.29) is 17.4 Å². The minimum absolute atomic E-state index is 0.0525. The first-order chi connectivity index (χ1) is 6.76. The van der Waals surface area contributed by atoms with Gasteiger partial charge in [0.15, 0.2) is 0 Å². The molecule has 1 saturated heterocycles. The van der Waals surface area contributed by atoms with Gasteiger partial charge in [-0.15, -0.1) is 0 Å². The van der Waals surface area contributed by atoms with E-state index in [1.807, 2.05) is 0 Å². The molecule has 3 heteroatoms. The van der Waals surface area contributed by atoms with Crippen molar-refractivity contribution >= 4 is 5.97 Å². The molecule has 1 spiro atoms. The van der Waals surface area contributed by atoms with Gasteiger partial charge in [0, 0.05) is 12.0 Å². The zero-order chi connectivity index (χ0) is 9.76. The van der Waals surface area contributed by atoms with E-state index in [2.05, 4.69) is 0 Å². The summed E-state index contributed by atoms with van der Waals surface area (Å²) in [6, 6.07) is 0. The van der Waals surface area contributed by atoms with Crippen LogP contribution in [0.5, 0.6) is 0 Å². The van der Waals surface area contributed by atoms with E-state index < -0.39 is 5.97 Å². The van der Waals surface area contributed by atoms with E-state index in [4.69, 9.17) is 4.74 Å². The number of ether oxygens (including phenoxy) is 1. The SMILES string of the molecule is O=C(O)[C@@H]1[C@H]2CCCO[C@H]2C12CCC2. The molecule has 3 rings (SSSR count). The summed E-state index contributed by atoms with van der Waals surface area (Å²) in [5.41, 5.74) is 0.0525. The van der Waals surface area contributed by atoms with Crippen LogP contribution in [0.15, 0.2) is 0 Å². The van der Waals surface area contributed by atoms with Crippen molar-refractivity contribution < 1.29 is 14.6 Å². The second-order valence-corrected chi connectivity index (χ2v) is 5.00. The first kappa shape index (κ1) is 8.72. The van der Waals surface area contributed by atoms with E-state index in [0.29, 0.717) is 5.92 Å². The van der Waals surface area contributed by atoms with Crippen molar-refractivity contribution in [2.45, 2.75) is 38.2 Å². The maximum Gasteiger partial charge on any atom is 0.307 e. The maximum atomic E-state index is 11.2. The van der Waals surface area contributed by atoms with E-state index in [9.17, 15) is 9.90 Å². The summed E-state index contributed by atoms with van der Waals surface area (Å²) in [4.78, 5) is 11.2. The highest BCUT2D eigenvalue weighted by Crippen LogP contribution is 2.65. The quantitative estimate of drug-likeness (QED) is 0.693. The van der Waals surface area contributed by atoms with Crippen LogP contribution in [0.3, 0.4) is 0 Å². The van der Waals surface area contributed by atoms with E-state index in [0.717, 1.165) is 32.3 Å². The highest BCUT2D eigenvalue weighted by atomic mass is 16.5. The van der Waals surface area contributed by atoms with Crippen molar-refractivity contribution in [1.82, 2.24) is 0 Å². The second kappa shape index (κ2) is 2.72. The molecule has 0 aromatic rings. The van der Waals surface area contributed by atoms with Gasteiger partial charge in [-0.3, -0.25) is 4.79 Å². The highest BCUT2D eigenvalue weighted by Gasteiger charge is 2.68. The monoisotopic (exact) mass is 196 g/mol. The van der Waals surface area contributed by atoms with E-state index in [1.54, 1.807) is 0 Å². The Morgan fingerprint density at radius 2 is 2.14 bits per heavy atom. The zero-order valence-electron chi connectivity index (χ0n) is 8.24. The van der Waals surface area contributed by atoms with E-state index >= 15 is 0 Å². The molecule has 0 unspecified atom stereocenters. The van der Waals surface area contributed by atoms with Crippen LogP contribution in [0, 0.1) is 17.3 Å². The number of hydrogen-bond acceptors (Lipinski definition) is 2. The molecule has 2 aliphatic carbocycles. The molecule has 3 nitrogen and oxygen atoms in total. The number of carboxylic acids is 1. The van der Waals surface area contributed by atoms with Crippen molar-refractivity contribution in [3.05, 3.63) is 0 Å². The average Bonchev–Trinajstić information content (AvgIpc) is 2.03. The maximum absolute atomic E-state index is 11.2. The summed E-state index contributed by atoms with van der Waals surface area (Å²) in [6.45, 7) is 0.843. The molecule has 0 amide bonds. The number of hydrogen-bond donors (Lipinski definition) is 1. The van der Waals surface area contributed by atoms with Crippen LogP contribution in [0.25, 0.3) is 0 Å². The molecule has 14 heavy (non-hydrogen) atoms. The third kappa shape index (κ3) is 0.842. The second-order valence-electron chi connectivity index (χ2n) is 5.00. The summed E-state index contributed by atoms with van der Waals surface area (Å²) in [7, 11) is 0. The van der Waals surface area contributed by atoms with E-state index in [1.165, 1.54) is 6.42 Å². The normalized spacial score (nSPS) is 43.6. The smallest absolute Gasteiger partial charge is 0.307 e. The van der Waals surface area contributed by atoms with Gasteiger partial charge in [0.05, 0.1) is 12.0 Å². The highest BCUT2D eigenvalue weighted by molar-refractivity contribution is 5.74. The molecule has 1 heterocycles. The summed E-state index contributed by atoms with van der Waals surface area (Å²) in [6.07, 6.45) is 5.72. The molecular formula is C11H16O3. The lowest BCUT2D eigenvalue weighted by molar-refractivity contribution is -0.261. The third-order valence-electron chi connectivity index (χ3n) is 4.53. The minimum atomic E-state index is -0.587. The minimum Gasteiger partial charge on any atom is -0.481 e. The number of fused-ring (bicyclic) bond motifs is 2. The van der Waals surface area contributed by atoms with Crippen molar-refractivity contribution in [2.24, 2.45) is 17.3 Å². The van der Waals surface area contributed by atoms with Gasteiger partial charge < -0.3 is 9.84 Å². The lowest BCUT2D eigenvalue weighted by Gasteiger charge is -2.65. The van der Waals surface area contributed by atoms with Crippen LogP contribution in [-0.2, 0) is 9.53 Å². The van der Waals surface area contributed by atoms with Gasteiger partial charge in [0.1, 0.15) is 0 Å². The Labute approximate surface area is 83.4 Å². The largest absolute Gasteiger partial charge is 0.481 e. The summed E-state index contributed by atoms with van der Waals surface area (Å²) >= 11 is 0. The Balaban J connectivity index is 1.85. The molecule has 3 aliphatic rings. The summed E-state index contributed by atoms with van der Waals surface area (Å²) in [5.74, 6) is -0.362. The van der Waals surface area contributed by atoms with Crippen molar-refractivity contribution in [2.75, 3.05) is 6.61 Å². The lowest BCUT2D eigenvalue weighted by atomic mass is 9.42. The van der Waals surface area contributed by atoms with Gasteiger partial charge in [-0.2, -0.15) is 0 Å². The topological polar surface area (TPSA) is 46.5 Å².